The summed E-state index contributed by atoms with van der Waals surface area (Å²) in [7, 11) is 0. The fourth-order valence-electron chi connectivity index (χ4n) is 2.49. The zero-order chi connectivity index (χ0) is 19.7. The van der Waals surface area contributed by atoms with E-state index in [1.807, 2.05) is 22.6 Å². The molecule has 1 aromatic rings. The highest BCUT2D eigenvalue weighted by molar-refractivity contribution is 14.1. The fourth-order valence-corrected chi connectivity index (χ4v) is 3.15. The first-order chi connectivity index (χ1) is 12.0. The molecule has 26 heavy (non-hydrogen) atoms. The van der Waals surface area contributed by atoms with Crippen molar-refractivity contribution in [1.82, 2.24) is 5.32 Å². The van der Waals surface area contributed by atoms with Gasteiger partial charge in [0.05, 0.1) is 11.6 Å². The third kappa shape index (κ3) is 4.38. The SMILES string of the molecule is CC(C)(C)OC(=O)NC1C=CC(I)=CC1(F)c1cc(F)cc(F)c1C#N. The second-order valence-electron chi connectivity index (χ2n) is 6.70. The number of benzene rings is 1. The summed E-state index contributed by atoms with van der Waals surface area (Å²) in [5.74, 6) is -2.20. The molecule has 0 fully saturated rings. The van der Waals surface area contributed by atoms with E-state index in [0.29, 0.717) is 9.65 Å². The van der Waals surface area contributed by atoms with Crippen molar-refractivity contribution < 1.29 is 22.7 Å². The molecule has 1 N–H and O–H groups in total. The molecular formula is C18H16F3IN2O2. The number of alkyl halides is 1. The van der Waals surface area contributed by atoms with Gasteiger partial charge in [0.25, 0.3) is 0 Å². The fraction of sp³-hybridized carbons (Fsp3) is 0.333. The van der Waals surface area contributed by atoms with Gasteiger partial charge in [0, 0.05) is 15.2 Å². The van der Waals surface area contributed by atoms with E-state index in [0.717, 1.165) is 12.1 Å². The molecule has 0 saturated heterocycles. The standard InChI is InChI=1S/C18H16F3IN2O2/c1-17(2,3)26-16(25)24-15-5-4-11(22)8-18(15,21)13-6-10(19)7-14(20)12(13)9-23/h4-8,15H,1-3H3,(H,24,25). The molecule has 0 aliphatic heterocycles. The van der Waals surface area contributed by atoms with Crippen molar-refractivity contribution in [2.24, 2.45) is 0 Å². The number of alkyl carbamates (subject to hydrolysis) is 1. The van der Waals surface area contributed by atoms with E-state index in [-0.39, 0.29) is 0 Å². The van der Waals surface area contributed by atoms with E-state index >= 15 is 4.39 Å². The summed E-state index contributed by atoms with van der Waals surface area (Å²) in [4.78, 5) is 12.0. The van der Waals surface area contributed by atoms with Crippen molar-refractivity contribution in [2.75, 3.05) is 0 Å². The van der Waals surface area contributed by atoms with Gasteiger partial charge in [0.1, 0.15) is 23.3 Å². The average Bonchev–Trinajstić information content (AvgIpc) is 2.47. The van der Waals surface area contributed by atoms with Crippen LogP contribution in [0.3, 0.4) is 0 Å². The Morgan fingerprint density at radius 3 is 2.62 bits per heavy atom. The first-order valence-corrected chi connectivity index (χ1v) is 8.69. The molecule has 0 bridgehead atoms. The first kappa shape index (κ1) is 20.3. The summed E-state index contributed by atoms with van der Waals surface area (Å²) >= 11 is 1.84. The van der Waals surface area contributed by atoms with Crippen LogP contribution in [0.25, 0.3) is 0 Å². The topological polar surface area (TPSA) is 62.1 Å². The largest absolute Gasteiger partial charge is 0.444 e. The number of nitrogens with zero attached hydrogens (tertiary/aromatic N) is 1. The number of nitrogens with one attached hydrogen (secondary N) is 1. The average molecular weight is 476 g/mol. The lowest BCUT2D eigenvalue weighted by molar-refractivity contribution is 0.0459. The molecule has 138 valence electrons. The van der Waals surface area contributed by atoms with Crippen LogP contribution in [-0.4, -0.2) is 17.7 Å². The van der Waals surface area contributed by atoms with Gasteiger partial charge in [-0.1, -0.05) is 12.2 Å². The Bertz CT molecular complexity index is 840. The maximum absolute atomic E-state index is 15.9. The maximum Gasteiger partial charge on any atom is 0.408 e. The lowest BCUT2D eigenvalue weighted by atomic mass is 9.82. The highest BCUT2D eigenvalue weighted by atomic mass is 127. The zero-order valence-electron chi connectivity index (χ0n) is 14.2. The van der Waals surface area contributed by atoms with Crippen molar-refractivity contribution >= 4 is 28.7 Å². The Kier molecular flexibility index (Phi) is 5.70. The Labute approximate surface area is 162 Å². The number of carbonyl (C=O) groups excluding carboxylic acids is 1. The van der Waals surface area contributed by atoms with Gasteiger partial charge >= 0.3 is 6.09 Å². The van der Waals surface area contributed by atoms with Crippen molar-refractivity contribution in [1.29, 1.82) is 5.26 Å². The maximum atomic E-state index is 15.9. The molecule has 0 spiro atoms. The molecule has 0 radical (unpaired) electrons. The number of allylic oxidation sites excluding steroid dienone is 2. The highest BCUT2D eigenvalue weighted by Gasteiger charge is 2.44. The van der Waals surface area contributed by atoms with E-state index in [9.17, 15) is 18.8 Å². The third-order valence-electron chi connectivity index (χ3n) is 3.50. The van der Waals surface area contributed by atoms with Crippen LogP contribution in [0, 0.1) is 23.0 Å². The number of halogens is 4. The van der Waals surface area contributed by atoms with Gasteiger partial charge in [-0.15, -0.1) is 0 Å². The lowest BCUT2D eigenvalue weighted by Crippen LogP contribution is -2.49. The Morgan fingerprint density at radius 1 is 1.38 bits per heavy atom. The summed E-state index contributed by atoms with van der Waals surface area (Å²) in [5.41, 5.74) is -4.47. The van der Waals surface area contributed by atoms with Crippen molar-refractivity contribution in [3.05, 3.63) is 56.7 Å². The number of nitriles is 1. The molecule has 1 amide bonds. The summed E-state index contributed by atoms with van der Waals surface area (Å²) in [6.07, 6.45) is 3.09. The lowest BCUT2D eigenvalue weighted by Gasteiger charge is -2.34. The van der Waals surface area contributed by atoms with Gasteiger partial charge in [-0.2, -0.15) is 5.26 Å². The normalized spacial score (nSPS) is 22.4. The molecule has 8 heteroatoms. The smallest absolute Gasteiger partial charge is 0.408 e. The molecule has 2 unspecified atom stereocenters. The quantitative estimate of drug-likeness (QED) is 0.625. The summed E-state index contributed by atoms with van der Waals surface area (Å²) in [5, 5.41) is 11.5. The number of rotatable bonds is 2. The van der Waals surface area contributed by atoms with E-state index in [1.165, 1.54) is 6.08 Å². The third-order valence-corrected chi connectivity index (χ3v) is 4.17. The van der Waals surface area contributed by atoms with Crippen LogP contribution >= 0.6 is 22.6 Å². The van der Waals surface area contributed by atoms with Crippen molar-refractivity contribution in [2.45, 2.75) is 38.1 Å². The molecule has 0 saturated carbocycles. The molecule has 1 aliphatic carbocycles. The number of carbonyl (C=O) groups is 1. The molecule has 0 aromatic heterocycles. The van der Waals surface area contributed by atoms with Crippen LogP contribution in [0.2, 0.25) is 0 Å². The molecule has 0 heterocycles. The first-order valence-electron chi connectivity index (χ1n) is 7.61. The Hall–Kier alpha value is -2.02. The van der Waals surface area contributed by atoms with Crippen LogP contribution in [0.15, 0.2) is 33.9 Å². The van der Waals surface area contributed by atoms with E-state index in [1.54, 1.807) is 32.9 Å². The van der Waals surface area contributed by atoms with E-state index < -0.39 is 46.2 Å². The van der Waals surface area contributed by atoms with Crippen LogP contribution < -0.4 is 5.32 Å². The molecule has 1 aromatic carbocycles. The van der Waals surface area contributed by atoms with Crippen molar-refractivity contribution in [3.63, 3.8) is 0 Å². The van der Waals surface area contributed by atoms with E-state index in [2.05, 4.69) is 5.32 Å². The van der Waals surface area contributed by atoms with Crippen LogP contribution in [0.1, 0.15) is 31.9 Å². The van der Waals surface area contributed by atoms with Crippen LogP contribution in [-0.2, 0) is 10.4 Å². The van der Waals surface area contributed by atoms with Crippen LogP contribution in [0.4, 0.5) is 18.0 Å². The number of hydrogen-bond acceptors (Lipinski definition) is 3. The molecule has 2 atom stereocenters. The number of ether oxygens (including phenoxy) is 1. The number of amides is 1. The molecule has 2 rings (SSSR count). The van der Waals surface area contributed by atoms with Crippen LogP contribution in [0.5, 0.6) is 0 Å². The predicted molar refractivity (Wildman–Crippen MR) is 98.3 cm³/mol. The van der Waals surface area contributed by atoms with Gasteiger partial charge in [-0.3, -0.25) is 0 Å². The predicted octanol–water partition coefficient (Wildman–Crippen LogP) is 4.78. The zero-order valence-corrected chi connectivity index (χ0v) is 16.4. The summed E-state index contributed by atoms with van der Waals surface area (Å²) < 4.78 is 49.2. The number of hydrogen-bond donors (Lipinski definition) is 1. The summed E-state index contributed by atoms with van der Waals surface area (Å²) in [6.45, 7) is 4.93. The van der Waals surface area contributed by atoms with Gasteiger partial charge in [0.15, 0.2) is 5.67 Å². The minimum Gasteiger partial charge on any atom is -0.444 e. The Morgan fingerprint density at radius 2 is 2.04 bits per heavy atom. The minimum absolute atomic E-state index is 0.445. The molecular weight excluding hydrogens is 460 g/mol. The van der Waals surface area contributed by atoms with Gasteiger partial charge < -0.3 is 10.1 Å². The highest BCUT2D eigenvalue weighted by Crippen LogP contribution is 2.40. The minimum atomic E-state index is -2.53. The second kappa shape index (κ2) is 7.31. The Balaban J connectivity index is 2.51. The van der Waals surface area contributed by atoms with Gasteiger partial charge in [0.2, 0.25) is 0 Å². The second-order valence-corrected chi connectivity index (χ2v) is 7.95. The monoisotopic (exact) mass is 476 g/mol. The van der Waals surface area contributed by atoms with E-state index in [4.69, 9.17) is 4.74 Å². The van der Waals surface area contributed by atoms with Crippen molar-refractivity contribution in [3.8, 4) is 6.07 Å². The van der Waals surface area contributed by atoms with Gasteiger partial charge in [-0.25, -0.2) is 18.0 Å². The summed E-state index contributed by atoms with van der Waals surface area (Å²) in [6, 6.07) is 1.51. The molecule has 1 aliphatic rings. The molecule has 4 nitrogen and oxygen atoms in total. The van der Waals surface area contributed by atoms with Gasteiger partial charge in [-0.05, 0) is 55.5 Å².